The lowest BCUT2D eigenvalue weighted by atomic mass is 10.3. The summed E-state index contributed by atoms with van der Waals surface area (Å²) >= 11 is 0. The van der Waals surface area contributed by atoms with E-state index in [1.54, 1.807) is 24.3 Å². The number of esters is 1. The summed E-state index contributed by atoms with van der Waals surface area (Å²) < 4.78 is 4.85. The number of hydrogen-bond donors (Lipinski definition) is 2. The summed E-state index contributed by atoms with van der Waals surface area (Å²) in [4.78, 5) is 23.2. The number of urea groups is 1. The largest absolute Gasteiger partial charge is 0.618 e. The monoisotopic (exact) mass is 287 g/mol. The van der Waals surface area contributed by atoms with Crippen LogP contribution in [0.4, 0.5) is 16.2 Å². The number of benzene rings is 1. The van der Waals surface area contributed by atoms with Crippen molar-refractivity contribution in [3.63, 3.8) is 0 Å². The number of carbonyl (C=O) groups is 2. The molecule has 0 atom stereocenters. The van der Waals surface area contributed by atoms with Crippen molar-refractivity contribution in [3.05, 3.63) is 59.6 Å². The smallest absolute Gasteiger partial charge is 0.404 e. The van der Waals surface area contributed by atoms with Gasteiger partial charge < -0.3 is 20.6 Å². The van der Waals surface area contributed by atoms with Gasteiger partial charge in [-0.3, -0.25) is 0 Å². The van der Waals surface area contributed by atoms with Crippen LogP contribution < -0.4 is 15.4 Å². The van der Waals surface area contributed by atoms with Crippen molar-refractivity contribution >= 4 is 23.4 Å². The quantitative estimate of drug-likeness (QED) is 0.511. The van der Waals surface area contributed by atoms with Gasteiger partial charge >= 0.3 is 17.7 Å². The van der Waals surface area contributed by atoms with E-state index in [-0.39, 0.29) is 5.69 Å². The number of nitrogens with one attached hydrogen (secondary N) is 2. The van der Waals surface area contributed by atoms with Crippen molar-refractivity contribution in [1.82, 2.24) is 0 Å². The molecule has 0 unspecified atom stereocenters. The van der Waals surface area contributed by atoms with Gasteiger partial charge in [-0.2, -0.15) is 4.73 Å². The zero-order valence-corrected chi connectivity index (χ0v) is 11.2. The van der Waals surface area contributed by atoms with Crippen molar-refractivity contribution in [2.75, 3.05) is 17.7 Å². The summed E-state index contributed by atoms with van der Waals surface area (Å²) in [7, 11) is 1.17. The number of methoxy groups -OCH3 is 1. The fourth-order valence-corrected chi connectivity index (χ4v) is 1.63. The molecule has 2 amide bonds. The van der Waals surface area contributed by atoms with E-state index in [0.29, 0.717) is 16.1 Å². The van der Waals surface area contributed by atoms with E-state index >= 15 is 0 Å². The van der Waals surface area contributed by atoms with Crippen LogP contribution in [-0.4, -0.2) is 19.1 Å². The highest BCUT2D eigenvalue weighted by molar-refractivity contribution is 6.00. The maximum absolute atomic E-state index is 11.8. The van der Waals surface area contributed by atoms with Crippen LogP contribution in [0.5, 0.6) is 0 Å². The van der Waals surface area contributed by atoms with Crippen molar-refractivity contribution < 1.29 is 19.1 Å². The number of anilines is 2. The number of rotatable bonds is 3. The minimum Gasteiger partial charge on any atom is -0.618 e. The lowest BCUT2D eigenvalue weighted by Crippen LogP contribution is -2.35. The van der Waals surface area contributed by atoms with Crippen LogP contribution in [0.15, 0.2) is 48.7 Å². The Morgan fingerprint density at radius 1 is 1.10 bits per heavy atom. The van der Waals surface area contributed by atoms with E-state index in [9.17, 15) is 14.8 Å². The third kappa shape index (κ3) is 3.69. The highest BCUT2D eigenvalue weighted by atomic mass is 16.5. The van der Waals surface area contributed by atoms with E-state index < -0.39 is 12.0 Å². The number of ether oxygens (including phenoxy) is 1. The number of carbonyl (C=O) groups excluding carboxylic acids is 2. The summed E-state index contributed by atoms with van der Waals surface area (Å²) in [5, 5.41) is 16.6. The van der Waals surface area contributed by atoms with E-state index in [1.165, 1.54) is 19.2 Å². The summed E-state index contributed by atoms with van der Waals surface area (Å²) in [6, 6.07) is 11.0. The molecule has 0 saturated heterocycles. The van der Waals surface area contributed by atoms with Gasteiger partial charge in [0.1, 0.15) is 0 Å². The predicted molar refractivity (Wildman–Crippen MR) is 75.8 cm³/mol. The van der Waals surface area contributed by atoms with Gasteiger partial charge in [-0.1, -0.05) is 18.2 Å². The highest BCUT2D eigenvalue weighted by Gasteiger charge is 2.17. The van der Waals surface area contributed by atoms with Gasteiger partial charge in [0.15, 0.2) is 6.20 Å². The van der Waals surface area contributed by atoms with Gasteiger partial charge in [0.25, 0.3) is 0 Å². The van der Waals surface area contributed by atoms with Gasteiger partial charge in [-0.15, -0.1) is 0 Å². The molecule has 0 aliphatic carbocycles. The third-order valence-corrected chi connectivity index (χ3v) is 2.60. The molecule has 7 nitrogen and oxygen atoms in total. The van der Waals surface area contributed by atoms with Gasteiger partial charge in [0.2, 0.25) is 0 Å². The van der Waals surface area contributed by atoms with Gasteiger partial charge in [0, 0.05) is 17.8 Å². The molecule has 0 radical (unpaired) electrons. The molecule has 1 heterocycles. The van der Waals surface area contributed by atoms with Crippen molar-refractivity contribution in [3.8, 4) is 0 Å². The molecule has 0 aliphatic rings. The van der Waals surface area contributed by atoms with Gasteiger partial charge in [-0.05, 0) is 12.1 Å². The summed E-state index contributed by atoms with van der Waals surface area (Å²) in [5.41, 5.74) is 0.712. The first-order chi connectivity index (χ1) is 10.1. The average molecular weight is 287 g/mol. The molecule has 0 spiro atoms. The summed E-state index contributed by atoms with van der Waals surface area (Å²) in [6.07, 6.45) is 1.12. The number of hydrogen-bond acceptors (Lipinski definition) is 4. The first kappa shape index (κ1) is 14.3. The third-order valence-electron chi connectivity index (χ3n) is 2.60. The number of amides is 2. The topological polar surface area (TPSA) is 94.4 Å². The van der Waals surface area contributed by atoms with Crippen LogP contribution in [0, 0.1) is 5.21 Å². The van der Waals surface area contributed by atoms with Crippen LogP contribution in [-0.2, 0) is 4.74 Å². The fourth-order valence-electron chi connectivity index (χ4n) is 1.63. The Labute approximate surface area is 120 Å². The normalized spacial score (nSPS) is 9.76. The predicted octanol–water partition coefficient (Wildman–Crippen LogP) is 1.75. The highest BCUT2D eigenvalue weighted by Crippen LogP contribution is 2.10. The fraction of sp³-hybridized carbons (Fsp3) is 0.0714. The molecule has 0 fully saturated rings. The first-order valence-electron chi connectivity index (χ1n) is 6.05. The van der Waals surface area contributed by atoms with Crippen LogP contribution in [0.25, 0.3) is 0 Å². The van der Waals surface area contributed by atoms with Crippen LogP contribution in [0.1, 0.15) is 10.5 Å². The number of para-hydroxylation sites is 1. The molecule has 2 N–H and O–H groups in total. The Balaban J connectivity index is 2.09. The minimum absolute atomic E-state index is 0.213. The molecule has 2 rings (SSSR count). The average Bonchev–Trinajstić information content (AvgIpc) is 2.49. The van der Waals surface area contributed by atoms with E-state index in [0.717, 1.165) is 6.20 Å². The zero-order valence-electron chi connectivity index (χ0n) is 11.2. The summed E-state index contributed by atoms with van der Waals surface area (Å²) in [6.45, 7) is 0. The van der Waals surface area contributed by atoms with Gasteiger partial charge in [-0.25, -0.2) is 9.59 Å². The molecule has 0 bridgehead atoms. The lowest BCUT2D eigenvalue weighted by molar-refractivity contribution is -0.608. The molecule has 0 saturated carbocycles. The molecule has 108 valence electrons. The maximum atomic E-state index is 11.8. The van der Waals surface area contributed by atoms with Crippen molar-refractivity contribution in [2.45, 2.75) is 0 Å². The van der Waals surface area contributed by atoms with Crippen LogP contribution >= 0.6 is 0 Å². The van der Waals surface area contributed by atoms with Crippen LogP contribution in [0.3, 0.4) is 0 Å². The second-order valence-electron chi connectivity index (χ2n) is 4.06. The van der Waals surface area contributed by atoms with E-state index in [1.807, 2.05) is 6.07 Å². The Morgan fingerprint density at radius 2 is 1.76 bits per heavy atom. The molecule has 1 aromatic carbocycles. The van der Waals surface area contributed by atoms with E-state index in [2.05, 4.69) is 15.4 Å². The van der Waals surface area contributed by atoms with Crippen molar-refractivity contribution in [1.29, 1.82) is 0 Å². The maximum Gasteiger partial charge on any atom is 0.404 e. The molecular formula is C14H13N3O4. The van der Waals surface area contributed by atoms with Crippen LogP contribution in [0.2, 0.25) is 0 Å². The molecule has 7 heteroatoms. The van der Waals surface area contributed by atoms with Crippen molar-refractivity contribution in [2.24, 2.45) is 0 Å². The molecule has 1 aromatic heterocycles. The zero-order chi connectivity index (χ0) is 15.2. The number of pyridine rings is 1. The molecule has 2 aromatic rings. The Hall–Kier alpha value is -3.09. The lowest BCUT2D eigenvalue weighted by Gasteiger charge is -2.08. The number of nitrogens with zero attached hydrogens (tertiary/aromatic N) is 1. The second kappa shape index (κ2) is 6.38. The molecule has 0 aliphatic heterocycles. The van der Waals surface area contributed by atoms with E-state index in [4.69, 9.17) is 0 Å². The van der Waals surface area contributed by atoms with Gasteiger partial charge in [0.05, 0.1) is 12.8 Å². The number of aromatic nitrogens is 1. The first-order valence-corrected chi connectivity index (χ1v) is 6.05. The summed E-state index contributed by atoms with van der Waals surface area (Å²) in [5.74, 6) is -0.780. The molecular weight excluding hydrogens is 274 g/mol. The Bertz CT molecular complexity index is 659. The SMILES string of the molecule is COC(=O)c1cc(NC(=O)Nc2ccccc2)cc[n+]1[O-]. The Kier molecular flexibility index (Phi) is 4.35. The second-order valence-corrected chi connectivity index (χ2v) is 4.06. The standard InChI is InChI=1S/C14H13N3O4/c1-21-13(18)12-9-11(7-8-17(12)20)16-14(19)15-10-5-3-2-4-6-10/h2-9H,1H3,(H2,15,16,19). The Morgan fingerprint density at radius 3 is 2.43 bits per heavy atom. The minimum atomic E-state index is -0.780. The molecule has 21 heavy (non-hydrogen) atoms.